The van der Waals surface area contributed by atoms with Crippen LogP contribution in [-0.2, 0) is 38.5 Å². The van der Waals surface area contributed by atoms with Gasteiger partial charge in [-0.05, 0) is 209 Å². The minimum Gasteiger partial charge on any atom is -0.256 e. The monoisotopic (exact) mass is 1900 g/mol. The molecule has 40 heteroatoms. The Bertz CT molecular complexity index is 7960. The third kappa shape index (κ3) is 17.4. The van der Waals surface area contributed by atoms with Crippen LogP contribution in [0.3, 0.4) is 0 Å². The predicted octanol–water partition coefficient (Wildman–Crippen LogP) is 23.0. The van der Waals surface area contributed by atoms with E-state index >= 15 is 0 Å². The van der Waals surface area contributed by atoms with Crippen LogP contribution in [0.15, 0.2) is 233 Å². The summed E-state index contributed by atoms with van der Waals surface area (Å²) >= 11 is -0.675. The number of aromatic nitrogens is 2. The highest BCUT2D eigenvalue weighted by molar-refractivity contribution is 8.46. The fourth-order valence-electron chi connectivity index (χ4n) is 16.9. The lowest BCUT2D eigenvalue weighted by molar-refractivity contribution is -0.0337. The van der Waals surface area contributed by atoms with Gasteiger partial charge in [-0.15, -0.1) is 0 Å². The molecule has 0 unspecified atom stereocenters. The SMILES string of the molecule is [C-]#[N+]C([N+]#[C-])=C1Cc2c(-c3ccc(S(F)(F)(F)(F)F)cc3)c3c(c(-c4ccc(S(F)(F)(F)(F)F)cc4)c2=C1[N+]#[C-])CC(=C(C#N)C#N)C=3C#N.[C-]#[N+]C([N+]#[C-])=C1Cc2c(-c3ccc(SC(F)(F)F)cc3)c3c(c(-c4ccc(SC(F)(F)F)cc4)c2=C1[N+]#[C-])CC(=C(C#N)C#N)C=3C#N.[C-]#[N+]C([N+]#[C-])=C1Cc2c(-c3ccccn3)c3c(c(-c4ccccn4)c2=C1[N+]#[C-])CC(=C(C#N)C#N)C=3C#N. The lowest BCUT2D eigenvalue weighted by atomic mass is 9.87. The molecule has 0 bridgehead atoms. The molecule has 15 rings (SSSR count). The molecule has 20 nitrogen and oxygen atoms in total. The number of alkyl halides is 6. The summed E-state index contributed by atoms with van der Waals surface area (Å²) in [7, 11) is -20.4. The largest absolute Gasteiger partial charge is 0.512 e. The number of pyridine rings is 2. The Kier molecular flexibility index (Phi) is 23.9. The first-order chi connectivity index (χ1) is 64.2. The molecule has 9 aromatic rings. The Hall–Kier alpha value is -18.4. The number of thioether (sulfide) groups is 2. The molecular weight excluding hydrogens is 1870 g/mol. The second-order valence-electron chi connectivity index (χ2n) is 29.1. The van der Waals surface area contributed by atoms with Gasteiger partial charge < -0.3 is 0 Å². The summed E-state index contributed by atoms with van der Waals surface area (Å²) in [6, 6.07) is 40.7. The molecule has 0 spiro atoms. The van der Waals surface area contributed by atoms with E-state index in [-0.39, 0.29) is 199 Å². The highest BCUT2D eigenvalue weighted by Gasteiger charge is 2.66. The minimum absolute atomic E-state index is 0.0697. The smallest absolute Gasteiger partial charge is 0.256 e. The zero-order valence-electron chi connectivity index (χ0n) is 67.7. The fourth-order valence-corrected chi connectivity index (χ4v) is 19.3. The molecule has 0 atom stereocenters. The van der Waals surface area contributed by atoms with Gasteiger partial charge in [0.25, 0.3) is 0 Å². The second kappa shape index (κ2) is 34.2. The Morgan fingerprint density at radius 2 is 0.529 bits per heavy atom. The van der Waals surface area contributed by atoms with Crippen molar-refractivity contribution >= 4 is 77.8 Å². The minimum atomic E-state index is -10.2. The topological polar surface area (TPSA) is 279 Å². The Labute approximate surface area is 767 Å². The number of allylic oxidation sites excluding steroid dienone is 6. The zero-order valence-corrected chi connectivity index (χ0v) is 71.0. The van der Waals surface area contributed by atoms with Gasteiger partial charge in [-0.25, -0.2) is 14.5 Å². The lowest BCUT2D eigenvalue weighted by Gasteiger charge is -2.40. The first kappa shape index (κ1) is 95.2. The second-order valence-corrected chi connectivity index (χ2v) is 36.2. The van der Waals surface area contributed by atoms with Crippen molar-refractivity contribution in [1.82, 2.24) is 9.97 Å². The van der Waals surface area contributed by atoms with E-state index in [4.69, 9.17) is 59.1 Å². The van der Waals surface area contributed by atoms with Crippen LogP contribution in [0.1, 0.15) is 33.4 Å². The molecule has 6 aliphatic carbocycles. The van der Waals surface area contributed by atoms with Crippen LogP contribution in [0.2, 0.25) is 0 Å². The van der Waals surface area contributed by atoms with Crippen LogP contribution in [-0.4, -0.2) is 21.0 Å². The normalized spacial score (nSPS) is 14.3. The van der Waals surface area contributed by atoms with Crippen molar-refractivity contribution in [3.05, 3.63) is 381 Å². The molecule has 2 aromatic heterocycles. The van der Waals surface area contributed by atoms with Crippen molar-refractivity contribution in [2.24, 2.45) is 0 Å². The van der Waals surface area contributed by atoms with E-state index in [0.717, 1.165) is 0 Å². The van der Waals surface area contributed by atoms with Crippen molar-refractivity contribution in [3.8, 4) is 122 Å². The molecule has 0 fully saturated rings. The average Bonchev–Trinajstić information content (AvgIpc) is 1.40. The van der Waals surface area contributed by atoms with E-state index in [1.807, 2.05) is 18.2 Å². The van der Waals surface area contributed by atoms with Crippen molar-refractivity contribution in [2.75, 3.05) is 0 Å². The first-order valence-corrected chi connectivity index (χ1v) is 43.3. The third-order valence-corrected chi connectivity index (χ3v) is 25.7. The number of hydrogen-bond acceptors (Lipinski definition) is 13. The van der Waals surface area contributed by atoms with Gasteiger partial charge in [0.15, 0.2) is 17.1 Å². The summed E-state index contributed by atoms with van der Waals surface area (Å²) in [6.45, 7) is 69.2. The van der Waals surface area contributed by atoms with Crippen LogP contribution >= 0.6 is 44.0 Å². The van der Waals surface area contributed by atoms with Crippen LogP contribution in [0, 0.1) is 161 Å². The van der Waals surface area contributed by atoms with Crippen LogP contribution in [0.25, 0.3) is 144 Å². The summed E-state index contributed by atoms with van der Waals surface area (Å²) in [5.41, 5.74) is -6.10. The number of nitrogens with zero attached hydrogens (tertiary/aromatic N) is 20. The first-order valence-electron chi connectivity index (χ1n) is 37.8. The molecule has 7 aromatic carbocycles. The standard InChI is InChI=1S/C34H12F6N6S2.C32H12F10N6S2.C30H12N8/c1-44-31-25(32(45-2)46-3)13-24-27(17-4-8-20(9-5-17)47-33(35,36)37)29-23(12-22(26(29)16-43)19(14-41)15-42)28(30(24)31)18-6-10-21(11-7-18)48-34(38,39)40;1-46-31-25(32(47-2)48-3)13-24-27(17-4-8-20(9-5-17)49(33,34,35,36)37)29-23(12-22(26(29)16-45)19(14-43)15-44)28(30(24)31)18-6-10-21(11-7-18)50(38,39,40,41)42;1-34-29-21(30(35-2)36-3)13-20-26(23-8-4-6-10-37-23)25-19(12-18(22(25)16-33)17(14-31)15-32)27(28(20)29)24-9-5-7-11-38-24/h4-11H,12-13H2;4-11H,12-13H2;4-11H,12-13H2. The molecule has 656 valence electrons. The van der Waals surface area contributed by atoms with E-state index in [1.165, 1.54) is 48.5 Å². The maximum atomic E-state index is 13.6. The maximum Gasteiger partial charge on any atom is 0.512 e. The number of nitriles is 9. The molecule has 6 aliphatic rings. The quantitative estimate of drug-likeness (QED) is 0.0533. The van der Waals surface area contributed by atoms with E-state index in [9.17, 15) is 113 Å². The van der Waals surface area contributed by atoms with Gasteiger partial charge >= 0.3 is 48.9 Å². The third-order valence-electron chi connectivity index (χ3n) is 21.9. The van der Waals surface area contributed by atoms with E-state index < -0.39 is 82.6 Å². The predicted molar refractivity (Wildman–Crippen MR) is 467 cm³/mol. The summed E-state index contributed by atoms with van der Waals surface area (Å²) in [5.74, 6) is -1.23. The molecular formula is C96H36F16N20S4. The zero-order chi connectivity index (χ0) is 99.1. The molecule has 0 N–H and O–H groups in total. The number of hydrogen-bond donors (Lipinski definition) is 0. The van der Waals surface area contributed by atoms with Gasteiger partial charge in [0, 0.05) is 84.9 Å². The van der Waals surface area contributed by atoms with Gasteiger partial charge in [0.1, 0.15) is 121 Å². The maximum absolute atomic E-state index is 13.6. The summed E-state index contributed by atoms with van der Waals surface area (Å²) < 4.78 is 215. The van der Waals surface area contributed by atoms with Crippen molar-refractivity contribution in [2.45, 2.75) is 69.1 Å². The van der Waals surface area contributed by atoms with E-state index in [0.29, 0.717) is 113 Å². The van der Waals surface area contributed by atoms with Gasteiger partial charge in [-0.1, -0.05) is 99.5 Å². The fraction of sp³-hybridized carbons (Fsp3) is 0.0833. The highest BCUT2D eigenvalue weighted by Crippen LogP contribution is 3.03. The number of halogens is 16. The Morgan fingerprint density at radius 1 is 0.301 bits per heavy atom. The van der Waals surface area contributed by atoms with Crippen LogP contribution in [0.5, 0.6) is 0 Å². The number of benzene rings is 7. The summed E-state index contributed by atoms with van der Waals surface area (Å²) in [6.07, 6.45) is 2.10. The van der Waals surface area contributed by atoms with Gasteiger partial charge in [-0.2, -0.15) is 103 Å². The van der Waals surface area contributed by atoms with Crippen molar-refractivity contribution in [3.63, 3.8) is 0 Å². The Balaban J connectivity index is 0.000000174. The molecule has 2 heterocycles. The molecule has 0 saturated carbocycles. The molecule has 0 radical (unpaired) electrons. The summed E-state index contributed by atoms with van der Waals surface area (Å²) in [4.78, 5) is 34.7. The molecule has 136 heavy (non-hydrogen) atoms. The number of rotatable bonds is 10. The Morgan fingerprint density at radius 3 is 0.765 bits per heavy atom. The lowest BCUT2D eigenvalue weighted by Crippen LogP contribution is -2.25. The molecule has 0 saturated heterocycles. The van der Waals surface area contributed by atoms with Crippen molar-refractivity contribution in [1.29, 1.82) is 47.4 Å². The van der Waals surface area contributed by atoms with Gasteiger partial charge in [0.2, 0.25) is 0 Å². The van der Waals surface area contributed by atoms with E-state index in [1.54, 1.807) is 73.1 Å². The van der Waals surface area contributed by atoms with Gasteiger partial charge in [0.05, 0.1) is 64.5 Å². The van der Waals surface area contributed by atoms with Gasteiger partial charge in [-0.3, -0.25) is 9.97 Å². The average molecular weight is 1900 g/mol. The van der Waals surface area contributed by atoms with E-state index in [2.05, 4.69) is 65.7 Å². The van der Waals surface area contributed by atoms with Crippen LogP contribution in [0.4, 0.5) is 65.2 Å². The molecule has 0 aliphatic heterocycles. The van der Waals surface area contributed by atoms with Crippen LogP contribution < -0.4 is 31.3 Å². The number of fused-ring (bicyclic) bond motifs is 6. The molecule has 0 amide bonds. The summed E-state index contributed by atoms with van der Waals surface area (Å²) in [5, 5.41) is 90.3. The highest BCUT2D eigenvalue weighted by atomic mass is 32.5. The van der Waals surface area contributed by atoms with Crippen molar-refractivity contribution < 1.29 is 65.2 Å².